The van der Waals surface area contributed by atoms with E-state index >= 15 is 0 Å². The molecule has 2 saturated carbocycles. The van der Waals surface area contributed by atoms with Crippen molar-refractivity contribution < 1.29 is 4.79 Å². The average molecular weight is 266 g/mol. The molecule has 5 unspecified atom stereocenters. The number of nitrogens with two attached hydrogens (primary N) is 1. The number of nitrogens with one attached hydrogen (secondary N) is 1. The lowest BCUT2D eigenvalue weighted by atomic mass is 9.79. The Hall–Kier alpha value is -0.570. The van der Waals surface area contributed by atoms with Crippen molar-refractivity contribution >= 4 is 5.91 Å². The van der Waals surface area contributed by atoms with E-state index in [1.165, 1.54) is 25.7 Å². The molecule has 3 heteroatoms. The van der Waals surface area contributed by atoms with Gasteiger partial charge in [-0.15, -0.1) is 0 Å². The van der Waals surface area contributed by atoms with Crippen molar-refractivity contribution in [3.05, 3.63) is 0 Å². The minimum Gasteiger partial charge on any atom is -0.353 e. The molecular formula is C16H30N2O. The van der Waals surface area contributed by atoms with Crippen LogP contribution in [0, 0.1) is 17.8 Å². The summed E-state index contributed by atoms with van der Waals surface area (Å²) >= 11 is 0. The van der Waals surface area contributed by atoms with Crippen molar-refractivity contribution in [3.63, 3.8) is 0 Å². The van der Waals surface area contributed by atoms with E-state index < -0.39 is 0 Å². The minimum absolute atomic E-state index is 0.255. The lowest BCUT2D eigenvalue weighted by Crippen LogP contribution is -2.43. The first-order chi connectivity index (χ1) is 9.04. The zero-order chi connectivity index (χ0) is 13.8. The molecular weight excluding hydrogens is 236 g/mol. The third kappa shape index (κ3) is 4.48. The Morgan fingerprint density at radius 3 is 2.63 bits per heavy atom. The third-order valence-electron chi connectivity index (χ3n) is 5.08. The molecule has 1 amide bonds. The summed E-state index contributed by atoms with van der Waals surface area (Å²) in [5.74, 6) is 2.22. The van der Waals surface area contributed by atoms with Crippen LogP contribution in [0.5, 0.6) is 0 Å². The molecule has 2 aliphatic rings. The topological polar surface area (TPSA) is 55.1 Å². The normalized spacial score (nSPS) is 39.8. The molecule has 0 aromatic carbocycles. The largest absolute Gasteiger partial charge is 0.353 e. The van der Waals surface area contributed by atoms with Gasteiger partial charge in [0.15, 0.2) is 0 Å². The number of carbonyl (C=O) groups is 1. The van der Waals surface area contributed by atoms with Crippen LogP contribution in [0.1, 0.15) is 65.2 Å². The van der Waals surface area contributed by atoms with Crippen LogP contribution in [0.15, 0.2) is 0 Å². The number of carbonyl (C=O) groups excluding carboxylic acids is 1. The molecule has 0 saturated heterocycles. The van der Waals surface area contributed by atoms with Crippen LogP contribution in [0.2, 0.25) is 0 Å². The standard InChI is InChI=1S/C16H30N2O/c1-11-6-7-15(12(2)8-11)18-16(19)10-13-4-3-5-14(17)9-13/h11-15H,3-10,17H2,1-2H3,(H,18,19). The van der Waals surface area contributed by atoms with Crippen LogP contribution in [0.3, 0.4) is 0 Å². The molecule has 0 aromatic heterocycles. The number of rotatable bonds is 3. The first kappa shape index (κ1) is 14.8. The fourth-order valence-electron chi connectivity index (χ4n) is 3.93. The predicted octanol–water partition coefficient (Wildman–Crippen LogP) is 2.83. The van der Waals surface area contributed by atoms with E-state index in [4.69, 9.17) is 5.73 Å². The molecule has 0 aromatic rings. The molecule has 3 N–H and O–H groups in total. The molecule has 3 nitrogen and oxygen atoms in total. The van der Waals surface area contributed by atoms with Gasteiger partial charge in [-0.05, 0) is 56.3 Å². The van der Waals surface area contributed by atoms with Gasteiger partial charge < -0.3 is 11.1 Å². The number of hydrogen-bond donors (Lipinski definition) is 2. The third-order valence-corrected chi connectivity index (χ3v) is 5.08. The molecule has 5 atom stereocenters. The van der Waals surface area contributed by atoms with Crippen LogP contribution in [-0.4, -0.2) is 18.0 Å². The molecule has 0 heterocycles. The summed E-state index contributed by atoms with van der Waals surface area (Å²) in [6.07, 6.45) is 8.88. The summed E-state index contributed by atoms with van der Waals surface area (Å²) in [6, 6.07) is 0.724. The van der Waals surface area contributed by atoms with Crippen molar-refractivity contribution in [1.82, 2.24) is 5.32 Å². The lowest BCUT2D eigenvalue weighted by molar-refractivity contribution is -0.123. The van der Waals surface area contributed by atoms with Crippen molar-refractivity contribution in [2.75, 3.05) is 0 Å². The minimum atomic E-state index is 0.255. The van der Waals surface area contributed by atoms with E-state index in [0.29, 0.717) is 30.3 Å². The number of hydrogen-bond acceptors (Lipinski definition) is 2. The summed E-state index contributed by atoms with van der Waals surface area (Å²) < 4.78 is 0. The van der Waals surface area contributed by atoms with Crippen LogP contribution >= 0.6 is 0 Å². The Labute approximate surface area is 117 Å². The first-order valence-corrected chi connectivity index (χ1v) is 8.09. The average Bonchev–Trinajstić information content (AvgIpc) is 2.33. The zero-order valence-electron chi connectivity index (χ0n) is 12.5. The van der Waals surface area contributed by atoms with Gasteiger partial charge in [-0.3, -0.25) is 4.79 Å². The highest BCUT2D eigenvalue weighted by Gasteiger charge is 2.28. The second kappa shape index (κ2) is 6.74. The second-order valence-electron chi connectivity index (χ2n) is 7.07. The maximum atomic E-state index is 12.2. The van der Waals surface area contributed by atoms with Crippen molar-refractivity contribution in [2.24, 2.45) is 23.5 Å². The summed E-state index contributed by atoms with van der Waals surface area (Å²) in [5.41, 5.74) is 5.99. The van der Waals surface area contributed by atoms with Gasteiger partial charge in [0.2, 0.25) is 5.91 Å². The van der Waals surface area contributed by atoms with Gasteiger partial charge in [-0.2, -0.15) is 0 Å². The van der Waals surface area contributed by atoms with Gasteiger partial charge in [0.05, 0.1) is 0 Å². The van der Waals surface area contributed by atoms with Crippen LogP contribution in [0.4, 0.5) is 0 Å². The summed E-state index contributed by atoms with van der Waals surface area (Å²) in [7, 11) is 0. The molecule has 2 fully saturated rings. The molecule has 0 radical (unpaired) electrons. The predicted molar refractivity (Wildman–Crippen MR) is 78.7 cm³/mol. The Balaban J connectivity index is 1.74. The first-order valence-electron chi connectivity index (χ1n) is 8.09. The Morgan fingerprint density at radius 1 is 1.16 bits per heavy atom. The smallest absolute Gasteiger partial charge is 0.220 e. The van der Waals surface area contributed by atoms with Gasteiger partial charge in [-0.25, -0.2) is 0 Å². The van der Waals surface area contributed by atoms with E-state index in [2.05, 4.69) is 19.2 Å². The molecule has 19 heavy (non-hydrogen) atoms. The van der Waals surface area contributed by atoms with E-state index in [9.17, 15) is 4.79 Å². The SMILES string of the molecule is CC1CCC(NC(=O)CC2CCCC(N)C2)C(C)C1. The Kier molecular flexibility index (Phi) is 5.26. The Morgan fingerprint density at radius 2 is 1.95 bits per heavy atom. The van der Waals surface area contributed by atoms with E-state index in [1.807, 2.05) is 0 Å². The molecule has 0 spiro atoms. The quantitative estimate of drug-likeness (QED) is 0.825. The number of amides is 1. The van der Waals surface area contributed by atoms with Crippen molar-refractivity contribution in [1.29, 1.82) is 0 Å². The van der Waals surface area contributed by atoms with Gasteiger partial charge in [0.25, 0.3) is 0 Å². The van der Waals surface area contributed by atoms with E-state index in [-0.39, 0.29) is 5.91 Å². The molecule has 0 bridgehead atoms. The molecule has 110 valence electrons. The van der Waals surface area contributed by atoms with E-state index in [0.717, 1.165) is 25.2 Å². The summed E-state index contributed by atoms with van der Waals surface area (Å²) in [6.45, 7) is 4.59. The highest BCUT2D eigenvalue weighted by molar-refractivity contribution is 5.76. The molecule has 0 aliphatic heterocycles. The highest BCUT2D eigenvalue weighted by Crippen LogP contribution is 2.29. The van der Waals surface area contributed by atoms with Crippen LogP contribution in [-0.2, 0) is 4.79 Å². The van der Waals surface area contributed by atoms with Gasteiger partial charge in [0.1, 0.15) is 0 Å². The van der Waals surface area contributed by atoms with Crippen molar-refractivity contribution in [3.8, 4) is 0 Å². The highest BCUT2D eigenvalue weighted by atomic mass is 16.1. The zero-order valence-corrected chi connectivity index (χ0v) is 12.5. The Bertz CT molecular complexity index is 305. The fraction of sp³-hybridized carbons (Fsp3) is 0.938. The van der Waals surface area contributed by atoms with Gasteiger partial charge in [0, 0.05) is 18.5 Å². The van der Waals surface area contributed by atoms with Crippen molar-refractivity contribution in [2.45, 2.75) is 77.3 Å². The fourth-order valence-corrected chi connectivity index (χ4v) is 3.93. The molecule has 2 aliphatic carbocycles. The molecule has 2 rings (SSSR count). The van der Waals surface area contributed by atoms with E-state index in [1.54, 1.807) is 0 Å². The van der Waals surface area contributed by atoms with Crippen LogP contribution < -0.4 is 11.1 Å². The second-order valence-corrected chi connectivity index (χ2v) is 7.07. The lowest BCUT2D eigenvalue weighted by Gasteiger charge is -2.34. The van der Waals surface area contributed by atoms with Gasteiger partial charge in [-0.1, -0.05) is 20.3 Å². The maximum absolute atomic E-state index is 12.2. The maximum Gasteiger partial charge on any atom is 0.220 e. The summed E-state index contributed by atoms with van der Waals surface area (Å²) in [4.78, 5) is 12.2. The summed E-state index contributed by atoms with van der Waals surface area (Å²) in [5, 5.41) is 3.27. The monoisotopic (exact) mass is 266 g/mol. The van der Waals surface area contributed by atoms with Crippen LogP contribution in [0.25, 0.3) is 0 Å². The van der Waals surface area contributed by atoms with Gasteiger partial charge >= 0.3 is 0 Å².